The van der Waals surface area contributed by atoms with Gasteiger partial charge in [-0.15, -0.1) is 0 Å². The number of nitrogens with zero attached hydrogens (tertiary/aromatic N) is 3. The van der Waals surface area contributed by atoms with Crippen LogP contribution in [-0.4, -0.2) is 29.0 Å². The summed E-state index contributed by atoms with van der Waals surface area (Å²) in [6.45, 7) is 10.4. The first-order valence-corrected chi connectivity index (χ1v) is 7.68. The molecule has 0 bridgehead atoms. The van der Waals surface area contributed by atoms with Crippen LogP contribution in [-0.2, 0) is 4.74 Å². The Morgan fingerprint density at radius 2 is 2.20 bits per heavy atom. The van der Waals surface area contributed by atoms with Crippen molar-refractivity contribution in [3.63, 3.8) is 0 Å². The molecule has 6 nitrogen and oxygen atoms in total. The van der Waals surface area contributed by atoms with Crippen molar-refractivity contribution in [1.82, 2.24) is 9.55 Å². The second-order valence-corrected chi connectivity index (χ2v) is 5.59. The van der Waals surface area contributed by atoms with E-state index in [0.29, 0.717) is 35.9 Å². The number of allylic oxidation sites excluding steroid dienone is 2. The van der Waals surface area contributed by atoms with Crippen LogP contribution in [0.1, 0.15) is 6.92 Å². The Labute approximate surface area is 144 Å². The van der Waals surface area contributed by atoms with Gasteiger partial charge in [0.2, 0.25) is 5.62 Å². The Balaban J connectivity index is 2.38. The molecule has 0 saturated heterocycles. The summed E-state index contributed by atoms with van der Waals surface area (Å²) in [5.74, 6) is 0.401. The summed E-state index contributed by atoms with van der Waals surface area (Å²) in [5, 5.41) is 15.8. The van der Waals surface area contributed by atoms with Crippen molar-refractivity contribution in [1.29, 1.82) is 10.8 Å². The van der Waals surface area contributed by atoms with Gasteiger partial charge >= 0.3 is 0 Å². The smallest absolute Gasteiger partial charge is 0.229 e. The molecular weight excluding hydrogens is 321 g/mol. The largest absolute Gasteiger partial charge is 0.489 e. The van der Waals surface area contributed by atoms with Crippen molar-refractivity contribution in [2.75, 3.05) is 18.1 Å². The van der Waals surface area contributed by atoms with Crippen LogP contribution in [0.2, 0.25) is 0 Å². The molecule has 1 aromatic carbocycles. The van der Waals surface area contributed by atoms with Gasteiger partial charge in [0.05, 0.1) is 29.5 Å². The minimum Gasteiger partial charge on any atom is -0.489 e. The van der Waals surface area contributed by atoms with E-state index in [-0.39, 0.29) is 11.0 Å². The van der Waals surface area contributed by atoms with Crippen LogP contribution in [0, 0.1) is 16.6 Å². The quantitative estimate of drug-likeness (QED) is 0.664. The zero-order valence-electron chi connectivity index (χ0n) is 13.8. The Kier molecular flexibility index (Phi) is 4.22. The van der Waals surface area contributed by atoms with E-state index >= 15 is 0 Å². The molecule has 1 aliphatic rings. The third kappa shape index (κ3) is 2.63. The second-order valence-electron chi connectivity index (χ2n) is 5.59. The average Bonchev–Trinajstić information content (AvgIpc) is 2.60. The lowest BCUT2D eigenvalue weighted by molar-refractivity contribution is 0.211. The zero-order chi connectivity index (χ0) is 18.1. The molecule has 2 N–H and O–H groups in total. The van der Waals surface area contributed by atoms with E-state index < -0.39 is 5.82 Å². The van der Waals surface area contributed by atoms with E-state index in [1.54, 1.807) is 23.1 Å². The van der Waals surface area contributed by atoms with Crippen LogP contribution in [0.5, 0.6) is 0 Å². The number of hydrogen-bond donors (Lipinski definition) is 2. The van der Waals surface area contributed by atoms with E-state index in [0.717, 1.165) is 11.9 Å². The Bertz CT molecular complexity index is 989. The van der Waals surface area contributed by atoms with Gasteiger partial charge in [-0.05, 0) is 30.7 Å². The van der Waals surface area contributed by atoms with Crippen LogP contribution < -0.4 is 10.5 Å². The van der Waals surface area contributed by atoms with Gasteiger partial charge in [-0.2, -0.15) is 4.98 Å². The molecule has 1 aromatic heterocycles. The Hall–Kier alpha value is -3.22. The van der Waals surface area contributed by atoms with Crippen LogP contribution in [0.4, 0.5) is 10.2 Å². The van der Waals surface area contributed by atoms with Gasteiger partial charge in [0.1, 0.15) is 24.0 Å². The standard InChI is InChI=1S/C18H18FN5O/c1-4-13-16(11(2)3)25-9-8-23(13)17-15-12(19)6-5-7-14(15)24(10-20)18(21)22-17/h4-7,10,20-21H,1-2,8-9H2,3H3. The van der Waals surface area contributed by atoms with Crippen LogP contribution >= 0.6 is 0 Å². The van der Waals surface area contributed by atoms with Gasteiger partial charge in [0.15, 0.2) is 0 Å². The van der Waals surface area contributed by atoms with Gasteiger partial charge in [-0.1, -0.05) is 19.2 Å². The highest BCUT2D eigenvalue weighted by molar-refractivity contribution is 5.94. The molecule has 0 atom stereocenters. The third-order valence-corrected chi connectivity index (χ3v) is 3.97. The molecule has 1 aliphatic heterocycles. The lowest BCUT2D eigenvalue weighted by atomic mass is 10.1. The molecule has 3 rings (SSSR count). The Morgan fingerprint density at radius 3 is 2.84 bits per heavy atom. The molecule has 0 amide bonds. The molecule has 2 aromatic rings. The summed E-state index contributed by atoms with van der Waals surface area (Å²) >= 11 is 0. The summed E-state index contributed by atoms with van der Waals surface area (Å²) in [6, 6.07) is 4.54. The molecule has 25 heavy (non-hydrogen) atoms. The van der Waals surface area contributed by atoms with Gasteiger partial charge in [0, 0.05) is 0 Å². The Morgan fingerprint density at radius 1 is 1.44 bits per heavy atom. The van der Waals surface area contributed by atoms with Crippen LogP contribution in [0.25, 0.3) is 10.9 Å². The minimum atomic E-state index is -0.470. The molecule has 0 aliphatic carbocycles. The fraction of sp³-hybridized carbons (Fsp3) is 0.167. The van der Waals surface area contributed by atoms with E-state index in [9.17, 15) is 4.39 Å². The average molecular weight is 339 g/mol. The van der Waals surface area contributed by atoms with Crippen molar-refractivity contribution >= 4 is 23.1 Å². The van der Waals surface area contributed by atoms with Crippen molar-refractivity contribution in [3.05, 3.63) is 65.9 Å². The topological polar surface area (TPSA) is 78.0 Å². The van der Waals surface area contributed by atoms with Crippen molar-refractivity contribution in [2.24, 2.45) is 0 Å². The lowest BCUT2D eigenvalue weighted by Crippen LogP contribution is -2.35. The number of nitrogens with one attached hydrogen (secondary N) is 2. The normalized spacial score (nSPS) is 14.4. The first-order chi connectivity index (χ1) is 12.0. The molecule has 7 heteroatoms. The van der Waals surface area contributed by atoms with Gasteiger partial charge in [-0.3, -0.25) is 15.4 Å². The van der Waals surface area contributed by atoms with Gasteiger partial charge < -0.3 is 9.64 Å². The minimum absolute atomic E-state index is 0.158. The first kappa shape index (κ1) is 16.6. The van der Waals surface area contributed by atoms with Crippen molar-refractivity contribution < 1.29 is 9.13 Å². The van der Waals surface area contributed by atoms with E-state index in [2.05, 4.69) is 18.1 Å². The van der Waals surface area contributed by atoms with E-state index in [4.69, 9.17) is 15.6 Å². The number of ether oxygens (including phenoxy) is 1. The summed E-state index contributed by atoms with van der Waals surface area (Å²) in [7, 11) is 0. The monoisotopic (exact) mass is 339 g/mol. The number of hydrogen-bond acceptors (Lipinski definition) is 5. The molecule has 0 spiro atoms. The molecule has 0 unspecified atom stereocenters. The number of benzene rings is 1. The van der Waals surface area contributed by atoms with E-state index in [1.807, 2.05) is 6.92 Å². The van der Waals surface area contributed by atoms with Crippen LogP contribution in [0.15, 0.2) is 54.5 Å². The molecule has 0 radical (unpaired) electrons. The molecular formula is C18H18FN5O. The SMILES string of the molecule is C=CC1=C(C(=C)C)OCCN1c1nc(=N)n(C=N)c2cccc(F)c12. The number of rotatable bonds is 4. The summed E-state index contributed by atoms with van der Waals surface area (Å²) in [4.78, 5) is 6.02. The van der Waals surface area contributed by atoms with Crippen molar-refractivity contribution in [2.45, 2.75) is 6.92 Å². The van der Waals surface area contributed by atoms with Crippen LogP contribution in [0.3, 0.4) is 0 Å². The first-order valence-electron chi connectivity index (χ1n) is 7.68. The highest BCUT2D eigenvalue weighted by atomic mass is 19.1. The van der Waals surface area contributed by atoms with Crippen molar-refractivity contribution in [3.8, 4) is 0 Å². The maximum Gasteiger partial charge on any atom is 0.229 e. The fourth-order valence-electron chi connectivity index (χ4n) is 2.91. The molecule has 2 heterocycles. The summed E-state index contributed by atoms with van der Waals surface area (Å²) in [5.41, 5.74) is 1.59. The molecule has 0 saturated carbocycles. The fourth-order valence-corrected chi connectivity index (χ4v) is 2.91. The summed E-state index contributed by atoms with van der Waals surface area (Å²) < 4.78 is 21.5. The predicted octanol–water partition coefficient (Wildman–Crippen LogP) is 2.92. The highest BCUT2D eigenvalue weighted by Crippen LogP contribution is 2.32. The van der Waals surface area contributed by atoms with Gasteiger partial charge in [0.25, 0.3) is 0 Å². The predicted molar refractivity (Wildman–Crippen MR) is 95.1 cm³/mol. The second kappa shape index (κ2) is 6.35. The molecule has 0 fully saturated rings. The molecule has 128 valence electrons. The summed E-state index contributed by atoms with van der Waals surface area (Å²) in [6.07, 6.45) is 2.56. The maximum absolute atomic E-state index is 14.6. The number of anilines is 1. The van der Waals surface area contributed by atoms with Gasteiger partial charge in [-0.25, -0.2) is 4.39 Å². The number of fused-ring (bicyclic) bond motifs is 1. The highest BCUT2D eigenvalue weighted by Gasteiger charge is 2.25. The maximum atomic E-state index is 14.6. The van der Waals surface area contributed by atoms with E-state index in [1.165, 1.54) is 10.6 Å². The number of halogens is 1. The number of aromatic nitrogens is 2. The lowest BCUT2D eigenvalue weighted by Gasteiger charge is -2.32. The third-order valence-electron chi connectivity index (χ3n) is 3.97. The zero-order valence-corrected chi connectivity index (χ0v) is 13.8.